The van der Waals surface area contributed by atoms with Crippen LogP contribution in [0.1, 0.15) is 36.1 Å². The summed E-state index contributed by atoms with van der Waals surface area (Å²) in [7, 11) is 0. The smallest absolute Gasteiger partial charge is 0.0543 e. The van der Waals surface area contributed by atoms with Crippen LogP contribution in [0.5, 0.6) is 0 Å². The third kappa shape index (κ3) is 4.28. The van der Waals surface area contributed by atoms with Gasteiger partial charge in [-0.3, -0.25) is 0 Å². The van der Waals surface area contributed by atoms with E-state index in [4.69, 9.17) is 0 Å². The van der Waals surface area contributed by atoms with Gasteiger partial charge in [0.1, 0.15) is 0 Å². The van der Waals surface area contributed by atoms with Crippen molar-refractivity contribution in [1.29, 1.82) is 0 Å². The van der Waals surface area contributed by atoms with Crippen molar-refractivity contribution in [3.8, 4) is 33.4 Å². The van der Waals surface area contributed by atoms with Gasteiger partial charge in [-0.1, -0.05) is 129 Å². The zero-order valence-electron chi connectivity index (χ0n) is 29.2. The molecular weight excluding hydrogens is 647 g/mol. The Morgan fingerprint density at radius 2 is 1.19 bits per heavy atom. The van der Waals surface area contributed by atoms with E-state index in [0.29, 0.717) is 0 Å². The molecular formula is C50H35NS. The molecule has 0 spiro atoms. The summed E-state index contributed by atoms with van der Waals surface area (Å²) < 4.78 is 2.64. The Balaban J connectivity index is 1.08. The Morgan fingerprint density at radius 3 is 2.10 bits per heavy atom. The van der Waals surface area contributed by atoms with Gasteiger partial charge in [0.2, 0.25) is 0 Å². The Labute approximate surface area is 308 Å². The first-order valence-corrected chi connectivity index (χ1v) is 19.0. The average molecular weight is 682 g/mol. The lowest BCUT2D eigenvalue weighted by Crippen LogP contribution is -2.16. The van der Waals surface area contributed by atoms with E-state index in [1.165, 1.54) is 98.0 Å². The van der Waals surface area contributed by atoms with E-state index in [2.05, 4.69) is 183 Å². The van der Waals surface area contributed by atoms with Gasteiger partial charge in [-0.05, 0) is 116 Å². The van der Waals surface area contributed by atoms with Crippen molar-refractivity contribution < 1.29 is 0 Å². The summed E-state index contributed by atoms with van der Waals surface area (Å²) in [6.45, 7) is 4.73. The van der Waals surface area contributed by atoms with E-state index in [1.807, 2.05) is 11.3 Å². The first-order valence-electron chi connectivity index (χ1n) is 18.2. The van der Waals surface area contributed by atoms with Crippen LogP contribution in [0.25, 0.3) is 64.3 Å². The molecule has 0 fully saturated rings. The first kappa shape index (κ1) is 29.7. The van der Waals surface area contributed by atoms with Crippen molar-refractivity contribution in [1.82, 2.24) is 0 Å². The zero-order chi connectivity index (χ0) is 34.6. The molecule has 246 valence electrons. The number of nitrogens with zero attached hydrogens (tertiary/aromatic N) is 1. The number of hydrogen-bond donors (Lipinski definition) is 0. The van der Waals surface area contributed by atoms with Crippen molar-refractivity contribution in [2.24, 2.45) is 0 Å². The van der Waals surface area contributed by atoms with Crippen LogP contribution in [0.4, 0.5) is 17.1 Å². The van der Waals surface area contributed by atoms with Gasteiger partial charge in [0.15, 0.2) is 0 Å². The molecule has 1 aromatic heterocycles. The lowest BCUT2D eigenvalue weighted by molar-refractivity contribution is 0.660. The maximum Gasteiger partial charge on any atom is 0.0543 e. The molecule has 1 nitrogen and oxygen atoms in total. The minimum absolute atomic E-state index is 0.0816. The molecule has 2 aliphatic rings. The van der Waals surface area contributed by atoms with Crippen molar-refractivity contribution >= 4 is 59.3 Å². The molecule has 0 aliphatic heterocycles. The van der Waals surface area contributed by atoms with Crippen LogP contribution in [-0.2, 0) is 11.8 Å². The molecule has 2 heteroatoms. The molecule has 0 amide bonds. The van der Waals surface area contributed by atoms with Crippen molar-refractivity contribution in [3.63, 3.8) is 0 Å². The number of anilines is 3. The molecule has 8 aromatic carbocycles. The third-order valence-corrected chi connectivity index (χ3v) is 12.8. The molecule has 1 heterocycles. The average Bonchev–Trinajstić information content (AvgIpc) is 3.83. The second kappa shape index (κ2) is 11.0. The molecule has 0 saturated heterocycles. The predicted molar refractivity (Wildman–Crippen MR) is 223 cm³/mol. The van der Waals surface area contributed by atoms with Crippen molar-refractivity contribution in [3.05, 3.63) is 186 Å². The summed E-state index contributed by atoms with van der Waals surface area (Å²) >= 11 is 1.87. The van der Waals surface area contributed by atoms with Gasteiger partial charge >= 0.3 is 0 Å². The fourth-order valence-electron chi connectivity index (χ4n) is 9.14. The highest BCUT2D eigenvalue weighted by Gasteiger charge is 2.37. The number of rotatable bonds is 4. The topological polar surface area (TPSA) is 3.24 Å². The summed E-state index contributed by atoms with van der Waals surface area (Å²) in [4.78, 5) is 2.48. The molecule has 11 rings (SSSR count). The van der Waals surface area contributed by atoms with E-state index in [0.717, 1.165) is 12.1 Å². The number of thiophene rings is 1. The molecule has 0 radical (unpaired) electrons. The Hall–Kier alpha value is -5.96. The number of benzene rings is 8. The van der Waals surface area contributed by atoms with Crippen molar-refractivity contribution in [2.45, 2.75) is 25.7 Å². The summed E-state index contributed by atoms with van der Waals surface area (Å²) in [6.07, 6.45) is 1.01. The fraction of sp³-hybridized carbons (Fsp3) is 0.0800. The standard InChI is InChI=1S/C50H35NS/c1-50(2)43-14-7-5-13-40(43)49-44(50)15-9-16-45(49)51(37-26-27-47-42(30-37)39-12-6-8-17-46(39)52-47)36-24-22-31(23-25-36)33-20-18-32-19-21-35-28-34-10-3-4-11-38(34)48(35)41(32)29-33/h3-27,29-30H,28H2,1-2H3. The monoisotopic (exact) mass is 681 g/mol. The first-order chi connectivity index (χ1) is 25.5. The SMILES string of the molecule is CC1(C)c2ccccc2-c2c(N(c3ccc(-c4ccc5ccc6c(c5c4)-c4ccccc4C6)cc3)c3ccc4sc5ccccc5c4c3)cccc21. The molecule has 0 unspecified atom stereocenters. The van der Waals surface area contributed by atoms with Crippen molar-refractivity contribution in [2.75, 3.05) is 4.90 Å². The number of fused-ring (bicyclic) bond motifs is 11. The van der Waals surface area contributed by atoms with Crippen LogP contribution < -0.4 is 4.90 Å². The van der Waals surface area contributed by atoms with E-state index < -0.39 is 0 Å². The van der Waals surface area contributed by atoms with Gasteiger partial charge in [-0.25, -0.2) is 0 Å². The quantitative estimate of drug-likeness (QED) is 0.179. The van der Waals surface area contributed by atoms with E-state index >= 15 is 0 Å². The maximum atomic E-state index is 2.48. The highest BCUT2D eigenvalue weighted by Crippen LogP contribution is 2.54. The van der Waals surface area contributed by atoms with Gasteiger partial charge in [0.25, 0.3) is 0 Å². The molecule has 0 bridgehead atoms. The molecule has 0 atom stereocenters. The molecule has 9 aromatic rings. The Bertz CT molecular complexity index is 2910. The maximum absolute atomic E-state index is 2.48. The zero-order valence-corrected chi connectivity index (χ0v) is 30.0. The van der Waals surface area contributed by atoms with Crippen LogP contribution >= 0.6 is 11.3 Å². The number of hydrogen-bond acceptors (Lipinski definition) is 2. The summed E-state index contributed by atoms with van der Waals surface area (Å²) in [5.74, 6) is 0. The highest BCUT2D eigenvalue weighted by atomic mass is 32.1. The normalized spacial score (nSPS) is 13.7. The van der Waals surface area contributed by atoms with Crippen LogP contribution in [-0.4, -0.2) is 0 Å². The van der Waals surface area contributed by atoms with Crippen LogP contribution in [0, 0.1) is 0 Å². The lowest BCUT2D eigenvalue weighted by Gasteiger charge is -2.29. The van der Waals surface area contributed by atoms with Gasteiger partial charge in [-0.15, -0.1) is 11.3 Å². The van der Waals surface area contributed by atoms with E-state index in [9.17, 15) is 0 Å². The summed E-state index contributed by atoms with van der Waals surface area (Å²) in [6, 6.07) is 61.3. The van der Waals surface area contributed by atoms with E-state index in [-0.39, 0.29) is 5.41 Å². The van der Waals surface area contributed by atoms with Crippen LogP contribution in [0.15, 0.2) is 164 Å². The van der Waals surface area contributed by atoms with Gasteiger partial charge < -0.3 is 4.90 Å². The van der Waals surface area contributed by atoms with Gasteiger partial charge in [0, 0.05) is 42.5 Å². The molecule has 0 saturated carbocycles. The largest absolute Gasteiger partial charge is 0.310 e. The van der Waals surface area contributed by atoms with Gasteiger partial charge in [-0.2, -0.15) is 0 Å². The molecule has 0 N–H and O–H groups in total. The third-order valence-electron chi connectivity index (χ3n) is 11.7. The second-order valence-electron chi connectivity index (χ2n) is 14.9. The van der Waals surface area contributed by atoms with Crippen LogP contribution in [0.2, 0.25) is 0 Å². The molecule has 52 heavy (non-hydrogen) atoms. The minimum Gasteiger partial charge on any atom is -0.310 e. The van der Waals surface area contributed by atoms with E-state index in [1.54, 1.807) is 0 Å². The van der Waals surface area contributed by atoms with Gasteiger partial charge in [0.05, 0.1) is 5.69 Å². The Kier molecular flexibility index (Phi) is 6.30. The lowest BCUT2D eigenvalue weighted by atomic mass is 9.82. The summed E-state index contributed by atoms with van der Waals surface area (Å²) in [5, 5.41) is 5.25. The second-order valence-corrected chi connectivity index (χ2v) is 16.0. The predicted octanol–water partition coefficient (Wildman–Crippen LogP) is 14.2. The molecule has 2 aliphatic carbocycles. The minimum atomic E-state index is -0.0816. The summed E-state index contributed by atoms with van der Waals surface area (Å²) in [5.41, 5.74) is 16.9. The fourth-order valence-corrected chi connectivity index (χ4v) is 10.2. The van der Waals surface area contributed by atoms with Crippen LogP contribution in [0.3, 0.4) is 0 Å². The highest BCUT2D eigenvalue weighted by molar-refractivity contribution is 7.25. The Morgan fingerprint density at radius 1 is 0.481 bits per heavy atom.